The summed E-state index contributed by atoms with van der Waals surface area (Å²) >= 11 is 5.98. The number of anilines is 1. The average Bonchev–Trinajstić information content (AvgIpc) is 3.08. The lowest BCUT2D eigenvalue weighted by atomic mass is 9.97. The Kier molecular flexibility index (Phi) is 4.65. The summed E-state index contributed by atoms with van der Waals surface area (Å²) in [5.41, 5.74) is 3.68. The molecule has 128 valence electrons. The van der Waals surface area contributed by atoms with Crippen molar-refractivity contribution in [2.45, 2.75) is 32.1 Å². The number of aromatic nitrogens is 3. The van der Waals surface area contributed by atoms with Crippen LogP contribution in [0.25, 0.3) is 22.4 Å². The van der Waals surface area contributed by atoms with Gasteiger partial charge < -0.3 is 9.84 Å². The summed E-state index contributed by atoms with van der Waals surface area (Å²) in [5, 5.41) is 9.10. The van der Waals surface area contributed by atoms with E-state index in [1.807, 2.05) is 24.3 Å². The highest BCUT2D eigenvalue weighted by molar-refractivity contribution is 6.30. The van der Waals surface area contributed by atoms with Crippen LogP contribution in [0.2, 0.25) is 5.02 Å². The lowest BCUT2D eigenvalue weighted by Gasteiger charge is -2.13. The molecule has 0 bridgehead atoms. The van der Waals surface area contributed by atoms with Crippen LogP contribution in [0.4, 0.5) is 5.82 Å². The first-order valence-corrected chi connectivity index (χ1v) is 8.97. The number of hydrogen-bond donors (Lipinski definition) is 1. The Morgan fingerprint density at radius 3 is 2.80 bits per heavy atom. The van der Waals surface area contributed by atoms with Gasteiger partial charge in [0.1, 0.15) is 23.2 Å². The van der Waals surface area contributed by atoms with Gasteiger partial charge in [-0.05, 0) is 44.2 Å². The van der Waals surface area contributed by atoms with Crippen molar-refractivity contribution in [1.82, 2.24) is 15.1 Å². The van der Waals surface area contributed by atoms with E-state index in [9.17, 15) is 0 Å². The zero-order chi connectivity index (χ0) is 17.1. The maximum atomic E-state index is 5.98. The van der Waals surface area contributed by atoms with E-state index in [1.54, 1.807) is 0 Å². The molecule has 2 aromatic heterocycles. The highest BCUT2D eigenvalue weighted by atomic mass is 35.5. The maximum absolute atomic E-state index is 5.98. The Hall–Kier alpha value is -2.40. The first-order chi connectivity index (χ1) is 12.3. The van der Waals surface area contributed by atoms with Crippen molar-refractivity contribution < 1.29 is 4.52 Å². The SMILES string of the molecule is Clc1ccc(-c2noc3ncnc(NCCC4=CCCCC4)c23)cc1. The smallest absolute Gasteiger partial charge is 0.263 e. The van der Waals surface area contributed by atoms with E-state index in [0.717, 1.165) is 35.4 Å². The molecule has 0 fully saturated rings. The van der Waals surface area contributed by atoms with Crippen LogP contribution in [0.1, 0.15) is 32.1 Å². The molecule has 0 unspecified atom stereocenters. The molecule has 0 saturated heterocycles. The molecule has 1 N–H and O–H groups in total. The number of nitrogens with one attached hydrogen (secondary N) is 1. The summed E-state index contributed by atoms with van der Waals surface area (Å²) in [6, 6.07) is 7.51. The van der Waals surface area contributed by atoms with Crippen molar-refractivity contribution in [2.24, 2.45) is 0 Å². The summed E-state index contributed by atoms with van der Waals surface area (Å²) in [5.74, 6) is 0.757. The van der Waals surface area contributed by atoms with E-state index in [2.05, 4.69) is 26.5 Å². The van der Waals surface area contributed by atoms with Crippen molar-refractivity contribution in [3.63, 3.8) is 0 Å². The molecule has 0 aliphatic heterocycles. The van der Waals surface area contributed by atoms with E-state index in [-0.39, 0.29) is 0 Å². The highest BCUT2D eigenvalue weighted by Gasteiger charge is 2.16. The van der Waals surface area contributed by atoms with E-state index < -0.39 is 0 Å². The zero-order valence-corrected chi connectivity index (χ0v) is 14.6. The largest absolute Gasteiger partial charge is 0.369 e. The fourth-order valence-electron chi connectivity index (χ4n) is 3.20. The van der Waals surface area contributed by atoms with Gasteiger partial charge in [0.15, 0.2) is 0 Å². The molecule has 1 aliphatic rings. The number of rotatable bonds is 5. The first kappa shape index (κ1) is 16.1. The number of halogens is 1. The quantitative estimate of drug-likeness (QED) is 0.635. The molecule has 6 heteroatoms. The number of fused-ring (bicyclic) bond motifs is 1. The van der Waals surface area contributed by atoms with Gasteiger partial charge in [-0.2, -0.15) is 4.98 Å². The Labute approximate surface area is 151 Å². The van der Waals surface area contributed by atoms with Gasteiger partial charge in [-0.3, -0.25) is 0 Å². The van der Waals surface area contributed by atoms with Crippen LogP contribution in [0.5, 0.6) is 0 Å². The molecule has 0 atom stereocenters. The van der Waals surface area contributed by atoms with Gasteiger partial charge >= 0.3 is 0 Å². The fourth-order valence-corrected chi connectivity index (χ4v) is 3.32. The van der Waals surface area contributed by atoms with Gasteiger partial charge in [-0.25, -0.2) is 4.98 Å². The summed E-state index contributed by atoms with van der Waals surface area (Å²) in [4.78, 5) is 8.58. The first-order valence-electron chi connectivity index (χ1n) is 8.59. The third kappa shape index (κ3) is 3.51. The lowest BCUT2D eigenvalue weighted by Crippen LogP contribution is -2.06. The predicted octanol–water partition coefficient (Wildman–Crippen LogP) is 5.24. The number of hydrogen-bond acceptors (Lipinski definition) is 5. The van der Waals surface area contributed by atoms with Crippen molar-refractivity contribution in [3.05, 3.63) is 47.3 Å². The summed E-state index contributed by atoms with van der Waals surface area (Å²) < 4.78 is 5.39. The van der Waals surface area contributed by atoms with E-state index >= 15 is 0 Å². The van der Waals surface area contributed by atoms with Gasteiger partial charge in [0.2, 0.25) is 0 Å². The summed E-state index contributed by atoms with van der Waals surface area (Å²) in [6.07, 6.45) is 9.95. The number of allylic oxidation sites excluding steroid dienone is 1. The van der Waals surface area contributed by atoms with Crippen LogP contribution >= 0.6 is 11.6 Å². The van der Waals surface area contributed by atoms with Crippen molar-refractivity contribution in [3.8, 4) is 11.3 Å². The van der Waals surface area contributed by atoms with Crippen molar-refractivity contribution >= 4 is 28.5 Å². The second-order valence-electron chi connectivity index (χ2n) is 6.23. The second kappa shape index (κ2) is 7.23. The van der Waals surface area contributed by atoms with Crippen LogP contribution in [0.3, 0.4) is 0 Å². The lowest BCUT2D eigenvalue weighted by molar-refractivity contribution is 0.451. The molecular weight excluding hydrogens is 336 g/mol. The van der Waals surface area contributed by atoms with E-state index in [4.69, 9.17) is 16.1 Å². The van der Waals surface area contributed by atoms with E-state index in [1.165, 1.54) is 37.6 Å². The van der Waals surface area contributed by atoms with Crippen molar-refractivity contribution in [1.29, 1.82) is 0 Å². The van der Waals surface area contributed by atoms with Crippen LogP contribution in [-0.4, -0.2) is 21.7 Å². The monoisotopic (exact) mass is 354 g/mol. The van der Waals surface area contributed by atoms with E-state index in [0.29, 0.717) is 10.7 Å². The molecular formula is C19H19ClN4O. The molecule has 0 amide bonds. The molecule has 0 saturated carbocycles. The van der Waals surface area contributed by atoms with Crippen LogP contribution in [-0.2, 0) is 0 Å². The molecule has 0 radical (unpaired) electrons. The topological polar surface area (TPSA) is 63.8 Å². The Bertz CT molecular complexity index is 901. The fraction of sp³-hybridized carbons (Fsp3) is 0.316. The predicted molar refractivity (Wildman–Crippen MR) is 99.7 cm³/mol. The van der Waals surface area contributed by atoms with Crippen LogP contribution < -0.4 is 5.32 Å². The van der Waals surface area contributed by atoms with Gasteiger partial charge in [-0.1, -0.05) is 40.5 Å². The van der Waals surface area contributed by atoms with Crippen LogP contribution in [0.15, 0.2) is 46.8 Å². The molecule has 2 heterocycles. The third-order valence-corrected chi connectivity index (χ3v) is 4.77. The normalized spacial score (nSPS) is 14.5. The number of benzene rings is 1. The maximum Gasteiger partial charge on any atom is 0.263 e. The minimum atomic E-state index is 0.485. The van der Waals surface area contributed by atoms with Gasteiger partial charge in [0, 0.05) is 17.1 Å². The molecule has 0 spiro atoms. The number of nitrogens with zero attached hydrogens (tertiary/aromatic N) is 3. The Balaban J connectivity index is 1.59. The summed E-state index contributed by atoms with van der Waals surface area (Å²) in [6.45, 7) is 0.836. The summed E-state index contributed by atoms with van der Waals surface area (Å²) in [7, 11) is 0. The molecule has 4 rings (SSSR count). The van der Waals surface area contributed by atoms with Gasteiger partial charge in [-0.15, -0.1) is 0 Å². The van der Waals surface area contributed by atoms with Crippen molar-refractivity contribution in [2.75, 3.05) is 11.9 Å². The zero-order valence-electron chi connectivity index (χ0n) is 13.8. The molecule has 3 aromatic rings. The molecule has 25 heavy (non-hydrogen) atoms. The third-order valence-electron chi connectivity index (χ3n) is 4.51. The molecule has 1 aliphatic carbocycles. The Morgan fingerprint density at radius 2 is 2.00 bits per heavy atom. The molecule has 1 aromatic carbocycles. The van der Waals surface area contributed by atoms with Gasteiger partial charge in [0.05, 0.1) is 0 Å². The highest BCUT2D eigenvalue weighted by Crippen LogP contribution is 2.32. The average molecular weight is 355 g/mol. The molecule has 5 nitrogen and oxygen atoms in total. The Morgan fingerprint density at radius 1 is 1.12 bits per heavy atom. The second-order valence-corrected chi connectivity index (χ2v) is 6.66. The van der Waals surface area contributed by atoms with Gasteiger partial charge in [0.25, 0.3) is 5.71 Å². The minimum Gasteiger partial charge on any atom is -0.369 e. The minimum absolute atomic E-state index is 0.485. The standard InChI is InChI=1S/C19H19ClN4O/c20-15-8-6-14(7-9-15)17-16-18(22-12-23-19(16)25-24-17)21-11-10-13-4-2-1-3-5-13/h4,6-9,12H,1-3,5,10-11H2,(H,21,22,23). The van der Waals surface area contributed by atoms with Crippen LogP contribution in [0, 0.1) is 0 Å².